The molecule has 1 aromatic heterocycles. The molecule has 0 radical (unpaired) electrons. The van der Waals surface area contributed by atoms with Crippen LogP contribution in [0.4, 0.5) is 15.3 Å². The van der Waals surface area contributed by atoms with Crippen molar-refractivity contribution in [1.29, 1.82) is 0 Å². The summed E-state index contributed by atoms with van der Waals surface area (Å²) in [4.78, 5) is 43.3. The molecule has 0 unspecified atom stereocenters. The van der Waals surface area contributed by atoms with Gasteiger partial charge in [-0.05, 0) is 70.9 Å². The summed E-state index contributed by atoms with van der Waals surface area (Å²) in [5, 5.41) is 8.68. The summed E-state index contributed by atoms with van der Waals surface area (Å²) in [6.07, 6.45) is 1.61. The molecule has 3 amide bonds. The van der Waals surface area contributed by atoms with Crippen molar-refractivity contribution in [1.82, 2.24) is 20.2 Å². The van der Waals surface area contributed by atoms with Gasteiger partial charge < -0.3 is 20.7 Å². The second-order valence-electron chi connectivity index (χ2n) is 9.32. The summed E-state index contributed by atoms with van der Waals surface area (Å²) >= 11 is 0. The van der Waals surface area contributed by atoms with Crippen molar-refractivity contribution in [2.75, 3.05) is 11.9 Å². The molecule has 0 aliphatic rings. The van der Waals surface area contributed by atoms with Crippen LogP contribution in [0.15, 0.2) is 59.9 Å². The van der Waals surface area contributed by atoms with Gasteiger partial charge in [-0.25, -0.2) is 14.6 Å². The zero-order chi connectivity index (χ0) is 26.5. The number of hydrogen-bond donors (Lipinski definition) is 3. The molecule has 2 aromatic carbocycles. The summed E-state index contributed by atoms with van der Waals surface area (Å²) in [6, 6.07) is 11.3. The number of nitrogens with one attached hydrogen (secondary N) is 3. The first-order chi connectivity index (χ1) is 17.0. The lowest BCUT2D eigenvalue weighted by molar-refractivity contribution is 0.0505. The fraction of sp³-hybridized carbons (Fsp3) is 0.333. The van der Waals surface area contributed by atoms with Gasteiger partial charge in [0.2, 0.25) is 0 Å². The van der Waals surface area contributed by atoms with Crippen molar-refractivity contribution in [3.05, 3.63) is 76.9 Å². The summed E-state index contributed by atoms with van der Waals surface area (Å²) in [5.74, 6) is 0.323. The van der Waals surface area contributed by atoms with E-state index in [1.165, 1.54) is 4.57 Å². The largest absolute Gasteiger partial charge is 0.444 e. The average Bonchev–Trinajstić information content (AvgIpc) is 2.78. The van der Waals surface area contributed by atoms with Crippen LogP contribution in [0.3, 0.4) is 0 Å². The molecule has 0 saturated heterocycles. The third kappa shape index (κ3) is 6.29. The molecule has 0 aliphatic carbocycles. The standard InChI is InChI=1S/C27H33N5O4/c1-7-11-18-12-9-15-21-22(18)24(33)32(20-14-10-13-19(16-20)30-25(34)28-8-2)23(31-21)17(3)29-26(35)36-27(4,5)6/h7,9-10,12-17H,1,8,11H2,2-6H3,(H,29,35)(H2,28,30,34)/t17-/m0/s1. The van der Waals surface area contributed by atoms with Gasteiger partial charge in [0, 0.05) is 12.2 Å². The van der Waals surface area contributed by atoms with Crippen LogP contribution < -0.4 is 21.5 Å². The zero-order valence-electron chi connectivity index (χ0n) is 21.3. The van der Waals surface area contributed by atoms with E-state index in [1.807, 2.05) is 19.1 Å². The summed E-state index contributed by atoms with van der Waals surface area (Å²) in [6.45, 7) is 13.2. The van der Waals surface area contributed by atoms with E-state index in [1.54, 1.807) is 64.1 Å². The van der Waals surface area contributed by atoms with E-state index in [0.29, 0.717) is 41.1 Å². The molecule has 3 N–H and O–H groups in total. The monoisotopic (exact) mass is 491 g/mol. The number of aromatic nitrogens is 2. The maximum Gasteiger partial charge on any atom is 0.408 e. The summed E-state index contributed by atoms with van der Waals surface area (Å²) < 4.78 is 6.86. The highest BCUT2D eigenvalue weighted by atomic mass is 16.6. The van der Waals surface area contributed by atoms with Crippen molar-refractivity contribution in [2.24, 2.45) is 0 Å². The number of benzene rings is 2. The molecule has 190 valence electrons. The lowest BCUT2D eigenvalue weighted by atomic mass is 10.1. The summed E-state index contributed by atoms with van der Waals surface area (Å²) in [5.41, 5.74) is 1.33. The lowest BCUT2D eigenvalue weighted by Gasteiger charge is -2.23. The topological polar surface area (TPSA) is 114 Å². The predicted molar refractivity (Wildman–Crippen MR) is 142 cm³/mol. The smallest absolute Gasteiger partial charge is 0.408 e. The Bertz CT molecular complexity index is 1340. The van der Waals surface area contributed by atoms with Crippen LogP contribution in [-0.2, 0) is 11.2 Å². The van der Waals surface area contributed by atoms with Crippen molar-refractivity contribution in [3.63, 3.8) is 0 Å². The number of amides is 3. The Morgan fingerprint density at radius 1 is 1.19 bits per heavy atom. The van der Waals surface area contributed by atoms with E-state index in [4.69, 9.17) is 9.72 Å². The number of carbonyl (C=O) groups is 2. The van der Waals surface area contributed by atoms with Gasteiger partial charge in [0.15, 0.2) is 0 Å². The number of carbonyl (C=O) groups excluding carboxylic acids is 2. The molecule has 0 bridgehead atoms. The maximum atomic E-state index is 13.9. The average molecular weight is 492 g/mol. The number of allylic oxidation sites excluding steroid dienone is 1. The number of rotatable bonds is 7. The Hall–Kier alpha value is -4.14. The van der Waals surface area contributed by atoms with E-state index in [0.717, 1.165) is 5.56 Å². The van der Waals surface area contributed by atoms with Crippen molar-refractivity contribution >= 4 is 28.7 Å². The quantitative estimate of drug-likeness (QED) is 0.409. The maximum absolute atomic E-state index is 13.9. The van der Waals surface area contributed by atoms with Crippen molar-refractivity contribution in [2.45, 2.75) is 52.7 Å². The van der Waals surface area contributed by atoms with Crippen LogP contribution in [0.5, 0.6) is 0 Å². The SMILES string of the molecule is C=CCc1cccc2nc([C@H](C)NC(=O)OC(C)(C)C)n(-c3cccc(NC(=O)NCC)c3)c(=O)c12. The minimum absolute atomic E-state index is 0.291. The van der Waals surface area contributed by atoms with Gasteiger partial charge in [-0.3, -0.25) is 9.36 Å². The van der Waals surface area contributed by atoms with E-state index < -0.39 is 17.7 Å². The summed E-state index contributed by atoms with van der Waals surface area (Å²) in [7, 11) is 0. The molecule has 1 atom stereocenters. The Labute approximate surface area is 210 Å². The molecule has 3 aromatic rings. The van der Waals surface area contributed by atoms with Crippen LogP contribution >= 0.6 is 0 Å². The van der Waals surface area contributed by atoms with Crippen LogP contribution in [-0.4, -0.2) is 33.8 Å². The zero-order valence-corrected chi connectivity index (χ0v) is 21.3. The Balaban J connectivity index is 2.19. The van der Waals surface area contributed by atoms with Gasteiger partial charge in [0.1, 0.15) is 11.4 Å². The second-order valence-corrected chi connectivity index (χ2v) is 9.32. The molecule has 0 aliphatic heterocycles. The molecular formula is C27H33N5O4. The third-order valence-corrected chi connectivity index (χ3v) is 5.19. The minimum atomic E-state index is -0.682. The third-order valence-electron chi connectivity index (χ3n) is 5.19. The Kier molecular flexibility index (Phi) is 8.14. The highest BCUT2D eigenvalue weighted by Crippen LogP contribution is 2.23. The number of anilines is 1. The highest BCUT2D eigenvalue weighted by Gasteiger charge is 2.23. The Morgan fingerprint density at radius 2 is 1.92 bits per heavy atom. The van der Waals surface area contributed by atoms with Crippen LogP contribution in [0.2, 0.25) is 0 Å². The number of ether oxygens (including phenoxy) is 1. The first kappa shape index (κ1) is 26.5. The van der Waals surface area contributed by atoms with Crippen LogP contribution in [0.1, 0.15) is 52.0 Å². The van der Waals surface area contributed by atoms with Gasteiger partial charge in [-0.1, -0.05) is 24.3 Å². The molecule has 1 heterocycles. The van der Waals surface area contributed by atoms with Crippen molar-refractivity contribution in [3.8, 4) is 5.69 Å². The van der Waals surface area contributed by atoms with Crippen LogP contribution in [0.25, 0.3) is 16.6 Å². The van der Waals surface area contributed by atoms with E-state index >= 15 is 0 Å². The predicted octanol–water partition coefficient (Wildman–Crippen LogP) is 4.84. The van der Waals surface area contributed by atoms with Gasteiger partial charge in [0.25, 0.3) is 5.56 Å². The lowest BCUT2D eigenvalue weighted by Crippen LogP contribution is -2.37. The number of nitrogens with zero attached hydrogens (tertiary/aromatic N) is 2. The molecule has 0 fully saturated rings. The number of hydrogen-bond acceptors (Lipinski definition) is 5. The number of fused-ring (bicyclic) bond motifs is 1. The normalized spacial score (nSPS) is 12.0. The highest BCUT2D eigenvalue weighted by molar-refractivity contribution is 5.89. The molecule has 36 heavy (non-hydrogen) atoms. The van der Waals surface area contributed by atoms with Gasteiger partial charge in [-0.2, -0.15) is 0 Å². The molecular weight excluding hydrogens is 458 g/mol. The van der Waals surface area contributed by atoms with Gasteiger partial charge in [-0.15, -0.1) is 6.58 Å². The second kappa shape index (κ2) is 11.1. The van der Waals surface area contributed by atoms with Gasteiger partial charge in [0.05, 0.1) is 22.6 Å². The first-order valence-corrected chi connectivity index (χ1v) is 11.8. The first-order valence-electron chi connectivity index (χ1n) is 11.8. The number of alkyl carbamates (subject to hydrolysis) is 1. The van der Waals surface area contributed by atoms with E-state index in [9.17, 15) is 14.4 Å². The molecule has 0 spiro atoms. The Morgan fingerprint density at radius 3 is 2.58 bits per heavy atom. The minimum Gasteiger partial charge on any atom is -0.444 e. The van der Waals surface area contributed by atoms with Crippen molar-refractivity contribution < 1.29 is 14.3 Å². The van der Waals surface area contributed by atoms with Gasteiger partial charge >= 0.3 is 12.1 Å². The molecule has 3 rings (SSSR count). The van der Waals surface area contributed by atoms with E-state index in [-0.39, 0.29) is 11.6 Å². The molecule has 0 saturated carbocycles. The molecule has 9 nitrogen and oxygen atoms in total. The van der Waals surface area contributed by atoms with E-state index in [2.05, 4.69) is 22.5 Å². The molecule has 9 heteroatoms. The number of urea groups is 1. The fourth-order valence-corrected chi connectivity index (χ4v) is 3.79. The van der Waals surface area contributed by atoms with Crippen LogP contribution in [0, 0.1) is 0 Å². The fourth-order valence-electron chi connectivity index (χ4n) is 3.79.